The Morgan fingerprint density at radius 1 is 1.04 bits per heavy atom. The summed E-state index contributed by atoms with van der Waals surface area (Å²) in [6.45, 7) is 1.84. The van der Waals surface area contributed by atoms with Crippen molar-refractivity contribution < 1.29 is 9.59 Å². The Bertz CT molecular complexity index is 695. The van der Waals surface area contributed by atoms with E-state index in [2.05, 4.69) is 10.3 Å². The van der Waals surface area contributed by atoms with Gasteiger partial charge in [-0.2, -0.15) is 0 Å². The summed E-state index contributed by atoms with van der Waals surface area (Å²) >= 11 is 0. The molecule has 2 aromatic rings. The molecule has 0 saturated carbocycles. The van der Waals surface area contributed by atoms with Crippen LogP contribution in [-0.2, 0) is 22.6 Å². The summed E-state index contributed by atoms with van der Waals surface area (Å²) in [5.41, 5.74) is 2.02. The molecular weight excluding hydrogens is 314 g/mol. The molecule has 0 bridgehead atoms. The Labute approximate surface area is 148 Å². The number of benzene rings is 1. The van der Waals surface area contributed by atoms with E-state index in [4.69, 9.17) is 0 Å². The highest BCUT2D eigenvalue weighted by Crippen LogP contribution is 2.18. The predicted molar refractivity (Wildman–Crippen MR) is 95.5 cm³/mol. The van der Waals surface area contributed by atoms with Crippen molar-refractivity contribution in [2.24, 2.45) is 5.92 Å². The zero-order valence-corrected chi connectivity index (χ0v) is 14.2. The Morgan fingerprint density at radius 2 is 1.76 bits per heavy atom. The van der Waals surface area contributed by atoms with E-state index in [1.54, 1.807) is 12.4 Å². The fraction of sp³-hybridized carbons (Fsp3) is 0.350. The molecule has 0 spiro atoms. The molecule has 0 radical (unpaired) electrons. The number of carbonyl (C=O) groups excluding carboxylic acids is 2. The van der Waals surface area contributed by atoms with Gasteiger partial charge in [0.25, 0.3) is 0 Å². The SMILES string of the molecule is O=C(NCc1ccccc1)C1CCN(C(=O)Cc2cccnc2)CC1. The van der Waals surface area contributed by atoms with Crippen LogP contribution in [0.3, 0.4) is 0 Å². The highest BCUT2D eigenvalue weighted by Gasteiger charge is 2.27. The van der Waals surface area contributed by atoms with Crippen LogP contribution < -0.4 is 5.32 Å². The van der Waals surface area contributed by atoms with E-state index in [9.17, 15) is 9.59 Å². The maximum absolute atomic E-state index is 12.4. The summed E-state index contributed by atoms with van der Waals surface area (Å²) in [5, 5.41) is 3.00. The van der Waals surface area contributed by atoms with Crippen molar-refractivity contribution in [2.75, 3.05) is 13.1 Å². The van der Waals surface area contributed by atoms with Crippen LogP contribution in [0.1, 0.15) is 24.0 Å². The average Bonchev–Trinajstić information content (AvgIpc) is 2.68. The van der Waals surface area contributed by atoms with Crippen molar-refractivity contribution in [2.45, 2.75) is 25.8 Å². The lowest BCUT2D eigenvalue weighted by molar-refractivity contribution is -0.135. The first-order valence-electron chi connectivity index (χ1n) is 8.70. The Kier molecular flexibility index (Phi) is 5.77. The first-order valence-corrected chi connectivity index (χ1v) is 8.70. The van der Waals surface area contributed by atoms with Gasteiger partial charge in [0.2, 0.25) is 11.8 Å². The van der Waals surface area contributed by atoms with Gasteiger partial charge in [-0.1, -0.05) is 36.4 Å². The second-order valence-corrected chi connectivity index (χ2v) is 6.40. The van der Waals surface area contributed by atoms with Gasteiger partial charge in [-0.3, -0.25) is 14.6 Å². The van der Waals surface area contributed by atoms with Crippen molar-refractivity contribution in [3.8, 4) is 0 Å². The largest absolute Gasteiger partial charge is 0.352 e. The monoisotopic (exact) mass is 337 g/mol. The van der Waals surface area contributed by atoms with Crippen molar-refractivity contribution in [1.82, 2.24) is 15.2 Å². The molecule has 1 saturated heterocycles. The third-order valence-corrected chi connectivity index (χ3v) is 4.61. The maximum atomic E-state index is 12.4. The van der Waals surface area contributed by atoms with Gasteiger partial charge in [0.1, 0.15) is 0 Å². The lowest BCUT2D eigenvalue weighted by Crippen LogP contribution is -2.43. The molecular formula is C20H23N3O2. The summed E-state index contributed by atoms with van der Waals surface area (Å²) in [6, 6.07) is 13.6. The molecule has 0 aliphatic carbocycles. The number of piperidine rings is 1. The normalized spacial score (nSPS) is 15.0. The first kappa shape index (κ1) is 17.1. The van der Waals surface area contributed by atoms with Crippen molar-refractivity contribution in [3.63, 3.8) is 0 Å². The molecule has 1 N–H and O–H groups in total. The highest BCUT2D eigenvalue weighted by atomic mass is 16.2. The molecule has 1 aromatic carbocycles. The van der Waals surface area contributed by atoms with Crippen molar-refractivity contribution in [1.29, 1.82) is 0 Å². The second kappa shape index (κ2) is 8.42. The molecule has 2 amide bonds. The number of likely N-dealkylation sites (tertiary alicyclic amines) is 1. The Balaban J connectivity index is 1.43. The van der Waals surface area contributed by atoms with Crippen LogP contribution in [-0.4, -0.2) is 34.8 Å². The van der Waals surface area contributed by atoms with Crippen LogP contribution >= 0.6 is 0 Å². The third kappa shape index (κ3) is 4.89. The minimum atomic E-state index is -0.00819. The van der Waals surface area contributed by atoms with Gasteiger partial charge in [-0.15, -0.1) is 0 Å². The molecule has 1 fully saturated rings. The zero-order chi connectivity index (χ0) is 17.5. The fourth-order valence-corrected chi connectivity index (χ4v) is 3.11. The number of pyridine rings is 1. The van der Waals surface area contributed by atoms with E-state index in [0.717, 1.165) is 24.0 Å². The second-order valence-electron chi connectivity index (χ2n) is 6.40. The molecule has 2 heterocycles. The van der Waals surface area contributed by atoms with Crippen LogP contribution in [0, 0.1) is 5.92 Å². The molecule has 3 rings (SSSR count). The van der Waals surface area contributed by atoms with Gasteiger partial charge >= 0.3 is 0 Å². The minimum absolute atomic E-state index is 0.00819. The van der Waals surface area contributed by atoms with E-state index in [-0.39, 0.29) is 17.7 Å². The van der Waals surface area contributed by atoms with E-state index < -0.39 is 0 Å². The predicted octanol–water partition coefficient (Wildman–Crippen LogP) is 2.18. The molecule has 5 heteroatoms. The number of aromatic nitrogens is 1. The fourth-order valence-electron chi connectivity index (χ4n) is 3.11. The number of carbonyl (C=O) groups is 2. The summed E-state index contributed by atoms with van der Waals surface area (Å²) in [7, 11) is 0. The Morgan fingerprint density at radius 3 is 2.44 bits per heavy atom. The van der Waals surface area contributed by atoms with Gasteiger partial charge in [-0.05, 0) is 30.0 Å². The molecule has 130 valence electrons. The first-order chi connectivity index (χ1) is 12.2. The van der Waals surface area contributed by atoms with Gasteiger partial charge in [0.15, 0.2) is 0 Å². The molecule has 0 unspecified atom stereocenters. The van der Waals surface area contributed by atoms with E-state index >= 15 is 0 Å². The smallest absolute Gasteiger partial charge is 0.227 e. The lowest BCUT2D eigenvalue weighted by atomic mass is 9.95. The van der Waals surface area contributed by atoms with E-state index in [0.29, 0.717) is 26.1 Å². The number of nitrogens with one attached hydrogen (secondary N) is 1. The van der Waals surface area contributed by atoms with Crippen molar-refractivity contribution in [3.05, 3.63) is 66.0 Å². The molecule has 5 nitrogen and oxygen atoms in total. The maximum Gasteiger partial charge on any atom is 0.227 e. The minimum Gasteiger partial charge on any atom is -0.352 e. The summed E-state index contributed by atoms with van der Waals surface area (Å²) in [5.74, 6) is 0.186. The molecule has 25 heavy (non-hydrogen) atoms. The third-order valence-electron chi connectivity index (χ3n) is 4.61. The average molecular weight is 337 g/mol. The zero-order valence-electron chi connectivity index (χ0n) is 14.2. The van der Waals surface area contributed by atoms with E-state index in [1.807, 2.05) is 47.4 Å². The molecule has 0 atom stereocenters. The van der Waals surface area contributed by atoms with E-state index in [1.165, 1.54) is 0 Å². The number of hydrogen-bond acceptors (Lipinski definition) is 3. The number of amides is 2. The summed E-state index contributed by atoms with van der Waals surface area (Å²) in [4.78, 5) is 30.6. The van der Waals surface area contributed by atoms with Gasteiger partial charge < -0.3 is 10.2 Å². The van der Waals surface area contributed by atoms with Crippen LogP contribution in [0.25, 0.3) is 0 Å². The summed E-state index contributed by atoms with van der Waals surface area (Å²) < 4.78 is 0. The topological polar surface area (TPSA) is 62.3 Å². The van der Waals surface area contributed by atoms with Crippen molar-refractivity contribution >= 4 is 11.8 Å². The quantitative estimate of drug-likeness (QED) is 0.910. The Hall–Kier alpha value is -2.69. The van der Waals surface area contributed by atoms with Gasteiger partial charge in [0.05, 0.1) is 6.42 Å². The van der Waals surface area contributed by atoms with Crippen LogP contribution in [0.5, 0.6) is 0 Å². The van der Waals surface area contributed by atoms with Crippen LogP contribution in [0.4, 0.5) is 0 Å². The highest BCUT2D eigenvalue weighted by molar-refractivity contribution is 5.81. The molecule has 1 aliphatic rings. The molecule has 1 aromatic heterocycles. The van der Waals surface area contributed by atoms with Gasteiger partial charge in [0, 0.05) is 37.9 Å². The van der Waals surface area contributed by atoms with Crippen LogP contribution in [0.15, 0.2) is 54.9 Å². The van der Waals surface area contributed by atoms with Gasteiger partial charge in [-0.25, -0.2) is 0 Å². The lowest BCUT2D eigenvalue weighted by Gasteiger charge is -2.31. The number of hydrogen-bond donors (Lipinski definition) is 1. The standard InChI is InChI=1S/C20H23N3O2/c24-19(13-17-7-4-10-21-14-17)23-11-8-18(9-12-23)20(25)22-15-16-5-2-1-3-6-16/h1-7,10,14,18H,8-9,11-13,15H2,(H,22,25). The van der Waals surface area contributed by atoms with Crippen LogP contribution in [0.2, 0.25) is 0 Å². The summed E-state index contributed by atoms with van der Waals surface area (Å²) in [6.07, 6.45) is 5.24. The molecule has 1 aliphatic heterocycles. The number of rotatable bonds is 5. The number of nitrogens with zero attached hydrogens (tertiary/aromatic N) is 2.